The van der Waals surface area contributed by atoms with Gasteiger partial charge < -0.3 is 10.1 Å². The van der Waals surface area contributed by atoms with Crippen molar-refractivity contribution in [3.05, 3.63) is 93.5 Å². The van der Waals surface area contributed by atoms with Gasteiger partial charge in [0.05, 0.1) is 33.6 Å². The first-order valence-corrected chi connectivity index (χ1v) is 10.5. The van der Waals surface area contributed by atoms with E-state index in [0.29, 0.717) is 22.0 Å². The van der Waals surface area contributed by atoms with Gasteiger partial charge in [0, 0.05) is 5.56 Å². The highest BCUT2D eigenvalue weighted by molar-refractivity contribution is 6.44. The first kappa shape index (κ1) is 23.8. The predicted molar refractivity (Wildman–Crippen MR) is 127 cm³/mol. The molecule has 33 heavy (non-hydrogen) atoms. The van der Waals surface area contributed by atoms with Crippen LogP contribution >= 0.6 is 23.2 Å². The van der Waals surface area contributed by atoms with Crippen LogP contribution in [0.5, 0.6) is 5.75 Å². The number of ether oxygens (including phenoxy) is 1. The topological polar surface area (TPSA) is 104 Å². The molecule has 2 amide bonds. The largest absolute Gasteiger partial charge is 0.489 e. The summed E-state index contributed by atoms with van der Waals surface area (Å²) in [5.41, 5.74) is 4.71. The molecule has 166 valence electrons. The first-order chi connectivity index (χ1) is 16.0. The molecule has 0 aliphatic carbocycles. The predicted octanol–water partition coefficient (Wildman–Crippen LogP) is 4.92. The van der Waals surface area contributed by atoms with Crippen LogP contribution in [0.25, 0.3) is 0 Å². The van der Waals surface area contributed by atoms with E-state index in [1.54, 1.807) is 54.6 Å². The zero-order valence-electron chi connectivity index (χ0n) is 17.2. The Balaban J connectivity index is 1.46. The van der Waals surface area contributed by atoms with Gasteiger partial charge in [-0.1, -0.05) is 47.5 Å². The lowest BCUT2D eigenvalue weighted by Gasteiger charge is -2.08. The molecule has 0 aromatic heterocycles. The minimum Gasteiger partial charge on any atom is -0.489 e. The molecule has 2 N–H and O–H groups in total. The van der Waals surface area contributed by atoms with Crippen molar-refractivity contribution in [1.29, 1.82) is 5.26 Å². The molecule has 7 nitrogen and oxygen atoms in total. The van der Waals surface area contributed by atoms with Gasteiger partial charge in [-0.05, 0) is 48.0 Å². The van der Waals surface area contributed by atoms with Crippen molar-refractivity contribution in [2.75, 3.05) is 5.32 Å². The van der Waals surface area contributed by atoms with Gasteiger partial charge in [-0.15, -0.1) is 0 Å². The van der Waals surface area contributed by atoms with Gasteiger partial charge in [0.25, 0.3) is 0 Å². The van der Waals surface area contributed by atoms with Crippen molar-refractivity contribution in [2.45, 2.75) is 13.0 Å². The monoisotopic (exact) mass is 480 g/mol. The van der Waals surface area contributed by atoms with E-state index in [4.69, 9.17) is 33.2 Å². The second-order valence-electron chi connectivity index (χ2n) is 6.75. The van der Waals surface area contributed by atoms with Gasteiger partial charge in [0.15, 0.2) is 0 Å². The number of hydrogen-bond donors (Lipinski definition) is 2. The average Bonchev–Trinajstić information content (AvgIpc) is 2.81. The summed E-state index contributed by atoms with van der Waals surface area (Å²) in [7, 11) is 0. The van der Waals surface area contributed by atoms with Crippen LogP contribution in [-0.2, 0) is 16.2 Å². The Morgan fingerprint density at radius 1 is 1.00 bits per heavy atom. The summed E-state index contributed by atoms with van der Waals surface area (Å²) in [4.78, 5) is 23.9. The summed E-state index contributed by atoms with van der Waals surface area (Å²) in [5.74, 6) is -0.510. The normalized spacial score (nSPS) is 10.5. The van der Waals surface area contributed by atoms with Crippen LogP contribution in [0.1, 0.15) is 23.1 Å². The van der Waals surface area contributed by atoms with E-state index >= 15 is 0 Å². The van der Waals surface area contributed by atoms with Gasteiger partial charge in [0.2, 0.25) is 11.8 Å². The van der Waals surface area contributed by atoms with Gasteiger partial charge >= 0.3 is 0 Å². The fourth-order valence-electron chi connectivity index (χ4n) is 2.73. The summed E-state index contributed by atoms with van der Waals surface area (Å²) >= 11 is 11.9. The van der Waals surface area contributed by atoms with E-state index in [0.717, 1.165) is 11.1 Å². The molecule has 0 saturated heterocycles. The third kappa shape index (κ3) is 7.07. The molecular formula is C24H18Cl2N4O3. The third-order valence-electron chi connectivity index (χ3n) is 4.36. The quantitative estimate of drug-likeness (QED) is 0.271. The Bertz CT molecular complexity index is 1220. The van der Waals surface area contributed by atoms with Crippen LogP contribution in [-0.4, -0.2) is 18.0 Å². The van der Waals surface area contributed by atoms with Crippen LogP contribution in [0.2, 0.25) is 10.0 Å². The average molecular weight is 481 g/mol. The van der Waals surface area contributed by atoms with Crippen LogP contribution in [0.15, 0.2) is 71.8 Å². The second kappa shape index (κ2) is 11.7. The number of nitrogens with one attached hydrogen (secondary N) is 2. The highest BCUT2D eigenvalue weighted by Gasteiger charge is 2.12. The molecule has 0 unspecified atom stereocenters. The molecule has 0 aliphatic heterocycles. The van der Waals surface area contributed by atoms with Gasteiger partial charge in [-0.3, -0.25) is 9.59 Å². The Kier molecular flexibility index (Phi) is 8.42. The second-order valence-corrected chi connectivity index (χ2v) is 7.53. The van der Waals surface area contributed by atoms with Crippen LogP contribution in [0, 0.1) is 11.3 Å². The maximum absolute atomic E-state index is 12.0. The molecule has 0 spiro atoms. The molecule has 3 aromatic carbocycles. The summed E-state index contributed by atoms with van der Waals surface area (Å²) < 4.78 is 5.71. The van der Waals surface area contributed by atoms with Crippen LogP contribution < -0.4 is 15.5 Å². The maximum atomic E-state index is 12.0. The smallest absolute Gasteiger partial charge is 0.249 e. The SMILES string of the molecule is N#Cc1ccccc1COc1ccc(C=NNC(=O)CC(=O)Nc2cccc(Cl)c2Cl)cc1. The molecule has 3 aromatic rings. The number of hydrazone groups is 1. The van der Waals surface area contributed by atoms with Gasteiger partial charge in [0.1, 0.15) is 18.8 Å². The fraction of sp³-hybridized carbons (Fsp3) is 0.0833. The molecule has 0 heterocycles. The van der Waals surface area contributed by atoms with E-state index in [1.807, 2.05) is 12.1 Å². The molecular weight excluding hydrogens is 463 g/mol. The van der Waals surface area contributed by atoms with Crippen molar-refractivity contribution in [1.82, 2.24) is 5.43 Å². The minimum absolute atomic E-state index is 0.202. The van der Waals surface area contributed by atoms with E-state index in [-0.39, 0.29) is 11.6 Å². The number of nitriles is 1. The number of carbonyl (C=O) groups is 2. The van der Waals surface area contributed by atoms with E-state index < -0.39 is 18.2 Å². The van der Waals surface area contributed by atoms with E-state index in [1.165, 1.54) is 6.21 Å². The summed E-state index contributed by atoms with van der Waals surface area (Å²) in [6, 6.07) is 21.2. The van der Waals surface area contributed by atoms with E-state index in [2.05, 4.69) is 21.9 Å². The Hall–Kier alpha value is -3.86. The number of nitrogens with zero attached hydrogens (tertiary/aromatic N) is 2. The zero-order chi connectivity index (χ0) is 23.6. The fourth-order valence-corrected chi connectivity index (χ4v) is 3.07. The molecule has 0 saturated carbocycles. The molecule has 3 rings (SSSR count). The lowest BCUT2D eigenvalue weighted by Crippen LogP contribution is -2.24. The van der Waals surface area contributed by atoms with Crippen molar-refractivity contribution in [2.24, 2.45) is 5.10 Å². The van der Waals surface area contributed by atoms with Crippen molar-refractivity contribution >= 4 is 46.9 Å². The number of amides is 2. The number of carbonyl (C=O) groups excluding carboxylic acids is 2. The molecule has 9 heteroatoms. The zero-order valence-corrected chi connectivity index (χ0v) is 18.7. The van der Waals surface area contributed by atoms with Crippen LogP contribution in [0.3, 0.4) is 0 Å². The maximum Gasteiger partial charge on any atom is 0.249 e. The summed E-state index contributed by atoms with van der Waals surface area (Å²) in [6.45, 7) is 0.274. The summed E-state index contributed by atoms with van der Waals surface area (Å²) in [5, 5.41) is 16.0. The van der Waals surface area contributed by atoms with Crippen molar-refractivity contribution in [3.8, 4) is 11.8 Å². The number of rotatable bonds is 8. The third-order valence-corrected chi connectivity index (χ3v) is 5.18. The Morgan fingerprint density at radius 2 is 1.76 bits per heavy atom. The lowest BCUT2D eigenvalue weighted by molar-refractivity contribution is -0.126. The van der Waals surface area contributed by atoms with Gasteiger partial charge in [-0.25, -0.2) is 5.43 Å². The molecule has 0 atom stereocenters. The Morgan fingerprint density at radius 3 is 2.52 bits per heavy atom. The minimum atomic E-state index is -0.585. The first-order valence-electron chi connectivity index (χ1n) is 9.73. The lowest BCUT2D eigenvalue weighted by atomic mass is 10.1. The highest BCUT2D eigenvalue weighted by Crippen LogP contribution is 2.29. The number of anilines is 1. The van der Waals surface area contributed by atoms with Crippen molar-refractivity contribution in [3.63, 3.8) is 0 Å². The number of hydrogen-bond acceptors (Lipinski definition) is 5. The molecule has 0 aliphatic rings. The summed E-state index contributed by atoms with van der Waals surface area (Å²) in [6.07, 6.45) is 1.01. The van der Waals surface area contributed by atoms with Crippen LogP contribution in [0.4, 0.5) is 5.69 Å². The molecule has 0 radical (unpaired) electrons. The standard InChI is InChI=1S/C24H18Cl2N4O3/c25-20-6-3-7-21(24(20)26)29-22(31)12-23(32)30-28-14-16-8-10-19(11-9-16)33-15-18-5-2-1-4-17(18)13-27/h1-11,14H,12,15H2,(H,29,31)(H,30,32). The Labute approximate surface area is 200 Å². The molecule has 0 bridgehead atoms. The van der Waals surface area contributed by atoms with Gasteiger partial charge in [-0.2, -0.15) is 10.4 Å². The number of benzene rings is 3. The highest BCUT2D eigenvalue weighted by atomic mass is 35.5. The van der Waals surface area contributed by atoms with Crippen molar-refractivity contribution < 1.29 is 14.3 Å². The molecule has 0 fully saturated rings. The number of halogens is 2. The van der Waals surface area contributed by atoms with E-state index in [9.17, 15) is 9.59 Å².